The van der Waals surface area contributed by atoms with E-state index in [2.05, 4.69) is 23.8 Å². The first-order valence-corrected chi connectivity index (χ1v) is 24.6. The molecule has 0 aliphatic carbocycles. The van der Waals surface area contributed by atoms with Crippen LogP contribution in [-0.4, -0.2) is 48.9 Å². The summed E-state index contributed by atoms with van der Waals surface area (Å²) in [6, 6.07) is 11.1. The number of unbranched alkanes of at least 4 members (excludes halogenated alkanes) is 30. The maximum atomic E-state index is 10.7. The largest absolute Gasteiger partial charge is 0.504 e. The second-order valence-electron chi connectivity index (χ2n) is 16.8. The Morgan fingerprint density at radius 2 is 0.638 bits per heavy atom. The minimum atomic E-state index is 0.132. The Bertz CT molecular complexity index is 1180. The number of phenolic OH excluding ortho intramolecular Hbond substituents is 2. The van der Waals surface area contributed by atoms with Crippen molar-refractivity contribution < 1.29 is 19.7 Å². The van der Waals surface area contributed by atoms with Gasteiger partial charge in [0.1, 0.15) is 0 Å². The summed E-state index contributed by atoms with van der Waals surface area (Å²) in [5.41, 5.74) is 1.28. The zero-order valence-electron chi connectivity index (χ0n) is 37.7. The minimum absolute atomic E-state index is 0.132. The van der Waals surface area contributed by atoms with E-state index in [4.69, 9.17) is 9.47 Å². The number of phenols is 2. The van der Waals surface area contributed by atoms with Crippen LogP contribution in [-0.2, 0) is 0 Å². The van der Waals surface area contributed by atoms with Crippen molar-refractivity contribution in [3.8, 4) is 23.0 Å². The Morgan fingerprint density at radius 3 is 0.914 bits per heavy atom. The van der Waals surface area contributed by atoms with Crippen molar-refractivity contribution in [2.75, 3.05) is 26.3 Å². The van der Waals surface area contributed by atoms with E-state index in [9.17, 15) is 10.2 Å². The summed E-state index contributed by atoms with van der Waals surface area (Å²) in [4.78, 5) is 8.93. The van der Waals surface area contributed by atoms with Crippen LogP contribution < -0.4 is 9.47 Å². The van der Waals surface area contributed by atoms with Gasteiger partial charge in [0.15, 0.2) is 23.0 Å². The predicted octanol–water partition coefficient (Wildman–Crippen LogP) is 15.9. The molecule has 0 spiro atoms. The van der Waals surface area contributed by atoms with E-state index in [1.54, 1.807) is 12.4 Å². The second-order valence-corrected chi connectivity index (χ2v) is 16.8. The number of ether oxygens (including phenoxy) is 2. The number of hydrogen-bond donors (Lipinski definition) is 2. The van der Waals surface area contributed by atoms with Crippen LogP contribution in [0, 0.1) is 0 Å². The first kappa shape index (κ1) is 51.1. The van der Waals surface area contributed by atoms with Gasteiger partial charge in [-0.15, -0.1) is 0 Å². The third-order valence-electron chi connectivity index (χ3n) is 11.4. The summed E-state index contributed by atoms with van der Waals surface area (Å²) < 4.78 is 11.8. The number of nitrogens with zero attached hydrogens (tertiary/aromatic N) is 2. The standard InChI is InChI=1S/C52H88N2O4/c1-3-5-7-9-11-13-15-17-19-21-23-25-27-29-31-33-43-57-49-39-35-37-47(51(49)55)45-53-41-42-54-46-48-38-36-40-50(52(48)56)58-44-34-32-30-28-26-24-22-20-18-16-14-12-10-8-6-4-2/h35-40,45-46,55-56H,3-34,41-44H2,1-2H3. The molecule has 0 unspecified atom stereocenters. The fraction of sp³-hybridized carbons (Fsp3) is 0.731. The molecule has 0 atom stereocenters. The van der Waals surface area contributed by atoms with Gasteiger partial charge in [0.05, 0.1) is 26.3 Å². The molecule has 0 aliphatic heterocycles. The molecule has 6 nitrogen and oxygen atoms in total. The van der Waals surface area contributed by atoms with Crippen LogP contribution in [0.2, 0.25) is 0 Å². The fourth-order valence-electron chi connectivity index (χ4n) is 7.63. The lowest BCUT2D eigenvalue weighted by molar-refractivity contribution is 0.288. The monoisotopic (exact) mass is 805 g/mol. The van der Waals surface area contributed by atoms with Crippen molar-refractivity contribution in [2.45, 2.75) is 219 Å². The van der Waals surface area contributed by atoms with Crippen molar-refractivity contribution in [1.82, 2.24) is 0 Å². The first-order valence-electron chi connectivity index (χ1n) is 24.6. The van der Waals surface area contributed by atoms with Gasteiger partial charge in [0, 0.05) is 23.6 Å². The Kier molecular flexibility index (Phi) is 33.7. The predicted molar refractivity (Wildman–Crippen MR) is 251 cm³/mol. The number of rotatable bonds is 41. The molecule has 0 radical (unpaired) electrons. The molecule has 0 amide bonds. The van der Waals surface area contributed by atoms with E-state index in [0.717, 1.165) is 25.7 Å². The lowest BCUT2D eigenvalue weighted by atomic mass is 10.0. The molecule has 6 heteroatoms. The van der Waals surface area contributed by atoms with Gasteiger partial charge in [-0.05, 0) is 37.1 Å². The molecule has 0 saturated carbocycles. The van der Waals surface area contributed by atoms with Crippen molar-refractivity contribution in [1.29, 1.82) is 0 Å². The molecule has 0 saturated heterocycles. The van der Waals surface area contributed by atoms with E-state index in [0.29, 0.717) is 48.9 Å². The van der Waals surface area contributed by atoms with E-state index >= 15 is 0 Å². The molecule has 2 N–H and O–H groups in total. The Balaban J connectivity index is 1.49. The maximum absolute atomic E-state index is 10.7. The van der Waals surface area contributed by atoms with Gasteiger partial charge in [-0.1, -0.05) is 219 Å². The van der Waals surface area contributed by atoms with Gasteiger partial charge in [0.25, 0.3) is 0 Å². The molecule has 0 heterocycles. The summed E-state index contributed by atoms with van der Waals surface area (Å²) in [5.74, 6) is 1.28. The van der Waals surface area contributed by atoms with Crippen molar-refractivity contribution in [3.63, 3.8) is 0 Å². The molecule has 330 valence electrons. The van der Waals surface area contributed by atoms with E-state index < -0.39 is 0 Å². The summed E-state index contributed by atoms with van der Waals surface area (Å²) in [7, 11) is 0. The Morgan fingerprint density at radius 1 is 0.379 bits per heavy atom. The van der Waals surface area contributed by atoms with Gasteiger partial charge in [-0.2, -0.15) is 0 Å². The molecule has 58 heavy (non-hydrogen) atoms. The highest BCUT2D eigenvalue weighted by atomic mass is 16.5. The van der Waals surface area contributed by atoms with Crippen LogP contribution in [0.4, 0.5) is 0 Å². The second kappa shape index (κ2) is 38.2. The topological polar surface area (TPSA) is 83.6 Å². The highest BCUT2D eigenvalue weighted by Crippen LogP contribution is 2.30. The minimum Gasteiger partial charge on any atom is -0.504 e. The normalized spacial score (nSPS) is 11.7. The number of aromatic hydroxyl groups is 2. The fourth-order valence-corrected chi connectivity index (χ4v) is 7.63. The van der Waals surface area contributed by atoms with Gasteiger partial charge in [-0.3, -0.25) is 9.98 Å². The lowest BCUT2D eigenvalue weighted by Gasteiger charge is -2.10. The summed E-state index contributed by atoms with van der Waals surface area (Å²) in [6.45, 7) is 6.73. The average molecular weight is 805 g/mol. The number of hydrogen-bond acceptors (Lipinski definition) is 6. The van der Waals surface area contributed by atoms with E-state index in [1.165, 1.54) is 180 Å². The lowest BCUT2D eigenvalue weighted by Crippen LogP contribution is -1.99. The molecule has 0 aromatic heterocycles. The highest BCUT2D eigenvalue weighted by molar-refractivity contribution is 5.85. The summed E-state index contributed by atoms with van der Waals surface area (Å²) in [5, 5.41) is 21.5. The van der Waals surface area contributed by atoms with Crippen LogP contribution in [0.5, 0.6) is 23.0 Å². The van der Waals surface area contributed by atoms with Crippen molar-refractivity contribution in [3.05, 3.63) is 47.5 Å². The van der Waals surface area contributed by atoms with E-state index in [-0.39, 0.29) is 11.5 Å². The average Bonchev–Trinajstić information content (AvgIpc) is 3.23. The summed E-state index contributed by atoms with van der Waals surface area (Å²) in [6.07, 6.45) is 46.4. The quantitative estimate of drug-likeness (QED) is 0.0518. The molecule has 0 fully saturated rings. The molecular formula is C52H88N2O4. The van der Waals surface area contributed by atoms with Gasteiger partial charge in [0.2, 0.25) is 0 Å². The SMILES string of the molecule is CCCCCCCCCCCCCCCCCCOc1cccc(C=NCCN=Cc2cccc(OCCCCCCCCCCCCCCCCCC)c2O)c1O. The molecule has 2 rings (SSSR count). The number of benzene rings is 2. The first-order chi connectivity index (χ1) is 28.7. The molecule has 0 bridgehead atoms. The number of aliphatic imine (C=N–C) groups is 2. The molecule has 2 aromatic rings. The smallest absolute Gasteiger partial charge is 0.166 e. The van der Waals surface area contributed by atoms with Gasteiger partial charge < -0.3 is 19.7 Å². The molecule has 0 aliphatic rings. The van der Waals surface area contributed by atoms with Gasteiger partial charge in [-0.25, -0.2) is 0 Å². The van der Waals surface area contributed by atoms with Crippen molar-refractivity contribution in [2.24, 2.45) is 9.98 Å². The molecule has 2 aromatic carbocycles. The van der Waals surface area contributed by atoms with E-state index in [1.807, 2.05) is 36.4 Å². The highest BCUT2D eigenvalue weighted by Gasteiger charge is 2.08. The third-order valence-corrected chi connectivity index (χ3v) is 11.4. The van der Waals surface area contributed by atoms with Crippen LogP contribution in [0.15, 0.2) is 46.4 Å². The van der Waals surface area contributed by atoms with Crippen molar-refractivity contribution >= 4 is 12.4 Å². The zero-order valence-corrected chi connectivity index (χ0v) is 37.7. The maximum Gasteiger partial charge on any atom is 0.166 e. The third kappa shape index (κ3) is 27.6. The Labute approximate surface area is 357 Å². The summed E-state index contributed by atoms with van der Waals surface area (Å²) >= 11 is 0. The molecular weight excluding hydrogens is 717 g/mol. The number of para-hydroxylation sites is 2. The van der Waals surface area contributed by atoms with Gasteiger partial charge >= 0.3 is 0 Å². The van der Waals surface area contributed by atoms with Crippen LogP contribution >= 0.6 is 0 Å². The zero-order chi connectivity index (χ0) is 41.4. The van der Waals surface area contributed by atoms with Crippen LogP contribution in [0.25, 0.3) is 0 Å². The van der Waals surface area contributed by atoms with Crippen LogP contribution in [0.3, 0.4) is 0 Å². The Hall–Kier alpha value is -3.02. The van der Waals surface area contributed by atoms with Crippen LogP contribution in [0.1, 0.15) is 230 Å².